The van der Waals surface area contributed by atoms with Gasteiger partial charge in [0.05, 0.1) is 6.10 Å². The van der Waals surface area contributed by atoms with E-state index < -0.39 is 16.3 Å². The Morgan fingerprint density at radius 1 is 1.24 bits per heavy atom. The van der Waals surface area contributed by atoms with E-state index in [1.807, 2.05) is 0 Å². The standard InChI is InChI=1S/C11H24N2O3S/c1-10(14)9-12(2)17(15,16)13(3)11-7-5-4-6-8-11/h10-11,14H,4-9H2,1-3H3. The third-order valence-electron chi connectivity index (χ3n) is 3.37. The minimum Gasteiger partial charge on any atom is -0.392 e. The van der Waals surface area contributed by atoms with Crippen LogP contribution in [0.25, 0.3) is 0 Å². The molecule has 1 aliphatic rings. The lowest BCUT2D eigenvalue weighted by molar-refractivity contribution is 0.165. The van der Waals surface area contributed by atoms with Crippen molar-refractivity contribution in [2.24, 2.45) is 0 Å². The Morgan fingerprint density at radius 2 is 1.76 bits per heavy atom. The summed E-state index contributed by atoms with van der Waals surface area (Å²) in [4.78, 5) is 0. The second-order valence-electron chi connectivity index (χ2n) is 4.95. The normalized spacial score (nSPS) is 21.1. The summed E-state index contributed by atoms with van der Waals surface area (Å²) in [5, 5.41) is 9.25. The molecule has 0 spiro atoms. The molecule has 1 rings (SSSR count). The molecule has 0 radical (unpaired) electrons. The van der Waals surface area contributed by atoms with Gasteiger partial charge in [0.1, 0.15) is 0 Å². The predicted molar refractivity (Wildman–Crippen MR) is 67.9 cm³/mol. The van der Waals surface area contributed by atoms with Gasteiger partial charge in [0, 0.05) is 26.7 Å². The van der Waals surface area contributed by atoms with Crippen molar-refractivity contribution in [3.63, 3.8) is 0 Å². The molecule has 1 saturated carbocycles. The molecular formula is C11H24N2O3S. The maximum absolute atomic E-state index is 12.2. The summed E-state index contributed by atoms with van der Waals surface area (Å²) in [7, 11) is -0.269. The van der Waals surface area contributed by atoms with Crippen LogP contribution in [0.15, 0.2) is 0 Å². The molecule has 0 bridgehead atoms. The first-order valence-corrected chi connectivity index (χ1v) is 7.62. The monoisotopic (exact) mass is 264 g/mol. The van der Waals surface area contributed by atoms with Gasteiger partial charge in [0.15, 0.2) is 0 Å². The van der Waals surface area contributed by atoms with E-state index in [-0.39, 0.29) is 12.6 Å². The van der Waals surface area contributed by atoms with Crippen LogP contribution in [0, 0.1) is 0 Å². The predicted octanol–water partition coefficient (Wildman–Crippen LogP) is 0.808. The van der Waals surface area contributed by atoms with Gasteiger partial charge in [-0.15, -0.1) is 0 Å². The summed E-state index contributed by atoms with van der Waals surface area (Å²) in [5.41, 5.74) is 0. The molecule has 0 aromatic heterocycles. The zero-order valence-electron chi connectivity index (χ0n) is 11.0. The smallest absolute Gasteiger partial charge is 0.281 e. The van der Waals surface area contributed by atoms with E-state index in [4.69, 9.17) is 0 Å². The first kappa shape index (κ1) is 14.9. The van der Waals surface area contributed by atoms with Crippen molar-refractivity contribution in [1.82, 2.24) is 8.61 Å². The fraction of sp³-hybridized carbons (Fsp3) is 1.00. The minimum absolute atomic E-state index is 0.116. The lowest BCUT2D eigenvalue weighted by Crippen LogP contribution is -2.47. The van der Waals surface area contributed by atoms with Gasteiger partial charge in [-0.2, -0.15) is 17.0 Å². The van der Waals surface area contributed by atoms with Crippen LogP contribution in [0.1, 0.15) is 39.0 Å². The van der Waals surface area contributed by atoms with Crippen molar-refractivity contribution in [2.75, 3.05) is 20.6 Å². The Hall–Kier alpha value is -0.170. The van der Waals surface area contributed by atoms with Crippen molar-refractivity contribution in [2.45, 2.75) is 51.2 Å². The summed E-state index contributed by atoms with van der Waals surface area (Å²) in [6.07, 6.45) is 4.65. The highest BCUT2D eigenvalue weighted by atomic mass is 32.2. The van der Waals surface area contributed by atoms with Gasteiger partial charge < -0.3 is 5.11 Å². The molecule has 17 heavy (non-hydrogen) atoms. The molecule has 0 aliphatic heterocycles. The number of aliphatic hydroxyl groups is 1. The van der Waals surface area contributed by atoms with Crippen molar-refractivity contribution >= 4 is 10.2 Å². The van der Waals surface area contributed by atoms with Gasteiger partial charge in [-0.3, -0.25) is 0 Å². The van der Waals surface area contributed by atoms with Crippen LogP contribution in [0.2, 0.25) is 0 Å². The molecule has 1 fully saturated rings. The van der Waals surface area contributed by atoms with Gasteiger partial charge in [0.25, 0.3) is 10.2 Å². The largest absolute Gasteiger partial charge is 0.392 e. The Labute approximate surface area is 105 Å². The number of likely N-dealkylation sites (N-methyl/N-ethyl adjacent to an activating group) is 1. The van der Waals surface area contributed by atoms with Crippen LogP contribution in [0.5, 0.6) is 0 Å². The van der Waals surface area contributed by atoms with Crippen molar-refractivity contribution < 1.29 is 13.5 Å². The van der Waals surface area contributed by atoms with Gasteiger partial charge in [-0.1, -0.05) is 19.3 Å². The Morgan fingerprint density at radius 3 is 2.24 bits per heavy atom. The molecule has 0 aromatic rings. The number of aliphatic hydroxyl groups excluding tert-OH is 1. The summed E-state index contributed by atoms with van der Waals surface area (Å²) in [6, 6.07) is 0.116. The fourth-order valence-corrected chi connectivity index (χ4v) is 3.75. The average Bonchev–Trinajstić information content (AvgIpc) is 2.28. The molecule has 1 N–H and O–H groups in total. The highest BCUT2D eigenvalue weighted by Crippen LogP contribution is 2.24. The number of rotatable bonds is 5. The maximum Gasteiger partial charge on any atom is 0.281 e. The highest BCUT2D eigenvalue weighted by molar-refractivity contribution is 7.86. The average molecular weight is 264 g/mol. The molecule has 6 heteroatoms. The molecule has 1 atom stereocenters. The zero-order chi connectivity index (χ0) is 13.1. The van der Waals surface area contributed by atoms with E-state index in [9.17, 15) is 13.5 Å². The van der Waals surface area contributed by atoms with E-state index >= 15 is 0 Å². The van der Waals surface area contributed by atoms with Crippen LogP contribution in [0.4, 0.5) is 0 Å². The number of nitrogens with zero attached hydrogens (tertiary/aromatic N) is 2. The molecule has 0 amide bonds. The van der Waals surface area contributed by atoms with E-state index in [0.29, 0.717) is 0 Å². The van der Waals surface area contributed by atoms with Crippen LogP contribution in [-0.2, 0) is 10.2 Å². The lowest BCUT2D eigenvalue weighted by Gasteiger charge is -2.33. The Bertz CT molecular complexity index is 324. The molecular weight excluding hydrogens is 240 g/mol. The SMILES string of the molecule is CC(O)CN(C)S(=O)(=O)N(C)C1CCCCC1. The number of hydrogen-bond acceptors (Lipinski definition) is 3. The van der Waals surface area contributed by atoms with Crippen molar-refractivity contribution in [3.05, 3.63) is 0 Å². The van der Waals surface area contributed by atoms with Crippen LogP contribution in [-0.4, -0.2) is 54.9 Å². The quantitative estimate of drug-likeness (QED) is 0.799. The topological polar surface area (TPSA) is 60.9 Å². The molecule has 102 valence electrons. The first-order valence-electron chi connectivity index (χ1n) is 6.23. The van der Waals surface area contributed by atoms with Crippen molar-refractivity contribution in [3.8, 4) is 0 Å². The second-order valence-corrected chi connectivity index (χ2v) is 7.04. The van der Waals surface area contributed by atoms with Gasteiger partial charge in [0.2, 0.25) is 0 Å². The second kappa shape index (κ2) is 6.13. The molecule has 5 nitrogen and oxygen atoms in total. The zero-order valence-corrected chi connectivity index (χ0v) is 11.8. The first-order chi connectivity index (χ1) is 7.85. The summed E-state index contributed by atoms with van der Waals surface area (Å²) in [5.74, 6) is 0. The number of hydrogen-bond donors (Lipinski definition) is 1. The lowest BCUT2D eigenvalue weighted by atomic mass is 9.96. The minimum atomic E-state index is -3.43. The summed E-state index contributed by atoms with van der Waals surface area (Å²) < 4.78 is 27.1. The van der Waals surface area contributed by atoms with E-state index in [1.165, 1.54) is 22.1 Å². The third kappa shape index (κ3) is 3.91. The van der Waals surface area contributed by atoms with Crippen LogP contribution < -0.4 is 0 Å². The molecule has 1 aliphatic carbocycles. The van der Waals surface area contributed by atoms with Crippen LogP contribution in [0.3, 0.4) is 0 Å². The van der Waals surface area contributed by atoms with E-state index in [2.05, 4.69) is 0 Å². The molecule has 1 unspecified atom stereocenters. The summed E-state index contributed by atoms with van der Waals surface area (Å²) >= 11 is 0. The van der Waals surface area contributed by atoms with E-state index in [0.717, 1.165) is 25.7 Å². The molecule has 0 heterocycles. The fourth-order valence-electron chi connectivity index (χ4n) is 2.32. The third-order valence-corrected chi connectivity index (χ3v) is 5.33. The van der Waals surface area contributed by atoms with Crippen LogP contribution >= 0.6 is 0 Å². The van der Waals surface area contributed by atoms with E-state index in [1.54, 1.807) is 14.0 Å². The highest BCUT2D eigenvalue weighted by Gasteiger charge is 2.30. The van der Waals surface area contributed by atoms with Crippen molar-refractivity contribution in [1.29, 1.82) is 0 Å². The maximum atomic E-state index is 12.2. The van der Waals surface area contributed by atoms with Gasteiger partial charge >= 0.3 is 0 Å². The summed E-state index contributed by atoms with van der Waals surface area (Å²) in [6.45, 7) is 1.73. The Balaban J connectivity index is 2.67. The molecule has 0 aromatic carbocycles. The van der Waals surface area contributed by atoms with Gasteiger partial charge in [-0.25, -0.2) is 0 Å². The molecule has 0 saturated heterocycles. The Kier molecular flexibility index (Phi) is 5.37. The van der Waals surface area contributed by atoms with Gasteiger partial charge in [-0.05, 0) is 19.8 Å².